The number of nitrogen functional groups attached to an aromatic ring is 1. The van der Waals surface area contributed by atoms with Crippen molar-refractivity contribution in [2.24, 2.45) is 0 Å². The third-order valence-corrected chi connectivity index (χ3v) is 3.13. The predicted molar refractivity (Wildman–Crippen MR) is 69.5 cm³/mol. The van der Waals surface area contributed by atoms with Crippen LogP contribution in [0.1, 0.15) is 17.2 Å². The van der Waals surface area contributed by atoms with Crippen LogP contribution in [0.4, 0.5) is 11.6 Å². The molecule has 3 N–H and O–H groups in total. The van der Waals surface area contributed by atoms with Crippen LogP contribution in [0.15, 0.2) is 30.6 Å². The molecule has 92 valence electrons. The molecule has 0 spiro atoms. The number of aromatic nitrogens is 2. The molecule has 0 saturated carbocycles. The Balaban J connectivity index is 1.89. The van der Waals surface area contributed by atoms with E-state index >= 15 is 0 Å². The lowest BCUT2D eigenvalue weighted by atomic mass is 10.1. The van der Waals surface area contributed by atoms with Crippen LogP contribution in [-0.4, -0.2) is 16.6 Å². The molecule has 1 aliphatic heterocycles. The fourth-order valence-corrected chi connectivity index (χ4v) is 2.06. The normalized spacial score (nSPS) is 17.1. The molecule has 3 rings (SSSR count). The average Bonchev–Trinajstić information content (AvgIpc) is 2.79. The summed E-state index contributed by atoms with van der Waals surface area (Å²) in [6.45, 7) is 2.50. The quantitative estimate of drug-likeness (QED) is 0.841. The molecule has 0 fully saturated rings. The number of anilines is 2. The molecule has 2 heterocycles. The van der Waals surface area contributed by atoms with Crippen molar-refractivity contribution in [3.05, 3.63) is 41.7 Å². The standard InChI is InChI=1S/C13H14N4O/c1-8-12(14)15-7-16-13(8)17-10-6-18-11-5-3-2-4-9(10)11/h2-5,7,10H,6H2,1H3,(H3,14,15,16,17). The van der Waals surface area contributed by atoms with Crippen LogP contribution in [0.3, 0.4) is 0 Å². The second-order valence-electron chi connectivity index (χ2n) is 4.28. The van der Waals surface area contributed by atoms with Gasteiger partial charge in [-0.2, -0.15) is 0 Å². The third kappa shape index (κ3) is 1.73. The van der Waals surface area contributed by atoms with Gasteiger partial charge in [-0.15, -0.1) is 0 Å². The summed E-state index contributed by atoms with van der Waals surface area (Å²) >= 11 is 0. The van der Waals surface area contributed by atoms with Gasteiger partial charge in [-0.25, -0.2) is 9.97 Å². The molecular formula is C13H14N4O. The van der Waals surface area contributed by atoms with Gasteiger partial charge in [-0.1, -0.05) is 18.2 Å². The summed E-state index contributed by atoms with van der Waals surface area (Å²) in [6.07, 6.45) is 1.46. The van der Waals surface area contributed by atoms with Gasteiger partial charge in [-0.05, 0) is 13.0 Å². The van der Waals surface area contributed by atoms with Gasteiger partial charge in [0.05, 0.1) is 6.04 Å². The number of benzene rings is 1. The van der Waals surface area contributed by atoms with Crippen LogP contribution < -0.4 is 15.8 Å². The molecule has 5 heteroatoms. The van der Waals surface area contributed by atoms with Gasteiger partial charge in [0, 0.05) is 11.1 Å². The topological polar surface area (TPSA) is 73.1 Å². The zero-order chi connectivity index (χ0) is 12.5. The monoisotopic (exact) mass is 242 g/mol. The Morgan fingerprint density at radius 1 is 1.33 bits per heavy atom. The van der Waals surface area contributed by atoms with Gasteiger partial charge in [-0.3, -0.25) is 0 Å². The van der Waals surface area contributed by atoms with E-state index in [-0.39, 0.29) is 6.04 Å². The first-order chi connectivity index (χ1) is 8.75. The first-order valence-corrected chi connectivity index (χ1v) is 5.81. The smallest absolute Gasteiger partial charge is 0.135 e. The molecule has 1 aromatic heterocycles. The van der Waals surface area contributed by atoms with Crippen LogP contribution in [-0.2, 0) is 0 Å². The zero-order valence-corrected chi connectivity index (χ0v) is 10.1. The Hall–Kier alpha value is -2.30. The highest BCUT2D eigenvalue weighted by Gasteiger charge is 2.24. The molecule has 18 heavy (non-hydrogen) atoms. The Bertz CT molecular complexity index is 585. The van der Waals surface area contributed by atoms with E-state index in [0.29, 0.717) is 12.4 Å². The van der Waals surface area contributed by atoms with Gasteiger partial charge in [0.2, 0.25) is 0 Å². The molecule has 0 radical (unpaired) electrons. The van der Waals surface area contributed by atoms with E-state index in [1.807, 2.05) is 25.1 Å². The lowest BCUT2D eigenvalue weighted by Gasteiger charge is -2.14. The highest BCUT2D eigenvalue weighted by atomic mass is 16.5. The van der Waals surface area contributed by atoms with E-state index in [9.17, 15) is 0 Å². The van der Waals surface area contributed by atoms with Crippen molar-refractivity contribution < 1.29 is 4.74 Å². The van der Waals surface area contributed by atoms with Crippen molar-refractivity contribution in [3.8, 4) is 5.75 Å². The summed E-state index contributed by atoms with van der Waals surface area (Å²) in [5.74, 6) is 2.18. The lowest BCUT2D eigenvalue weighted by molar-refractivity contribution is 0.339. The van der Waals surface area contributed by atoms with Gasteiger partial charge in [0.15, 0.2) is 0 Å². The minimum atomic E-state index is 0.106. The molecular weight excluding hydrogens is 228 g/mol. The van der Waals surface area contributed by atoms with Gasteiger partial charge in [0.1, 0.15) is 30.3 Å². The minimum Gasteiger partial charge on any atom is -0.491 e. The van der Waals surface area contributed by atoms with Crippen LogP contribution in [0.5, 0.6) is 5.75 Å². The first-order valence-electron chi connectivity index (χ1n) is 5.81. The maximum atomic E-state index is 5.77. The Labute approximate surface area is 105 Å². The summed E-state index contributed by atoms with van der Waals surface area (Å²) in [4.78, 5) is 8.17. The largest absolute Gasteiger partial charge is 0.491 e. The maximum Gasteiger partial charge on any atom is 0.135 e. The summed E-state index contributed by atoms with van der Waals surface area (Å²) in [6, 6.07) is 8.10. The van der Waals surface area contributed by atoms with Crippen LogP contribution in [0.25, 0.3) is 0 Å². The second-order valence-corrected chi connectivity index (χ2v) is 4.28. The summed E-state index contributed by atoms with van der Waals surface area (Å²) in [5.41, 5.74) is 7.78. The van der Waals surface area contributed by atoms with Gasteiger partial charge in [0.25, 0.3) is 0 Å². The summed E-state index contributed by atoms with van der Waals surface area (Å²) in [7, 11) is 0. The van der Waals surface area contributed by atoms with E-state index in [1.54, 1.807) is 0 Å². The molecule has 0 bridgehead atoms. The van der Waals surface area contributed by atoms with E-state index in [4.69, 9.17) is 10.5 Å². The number of para-hydroxylation sites is 1. The average molecular weight is 242 g/mol. The summed E-state index contributed by atoms with van der Waals surface area (Å²) in [5, 5.41) is 3.35. The SMILES string of the molecule is Cc1c(N)ncnc1NC1COc2ccccc21. The van der Waals surface area contributed by atoms with E-state index < -0.39 is 0 Å². The number of hydrogen-bond donors (Lipinski definition) is 2. The van der Waals surface area contributed by atoms with Crippen molar-refractivity contribution in [3.63, 3.8) is 0 Å². The van der Waals surface area contributed by atoms with E-state index in [1.165, 1.54) is 6.33 Å². The number of ether oxygens (including phenoxy) is 1. The molecule has 1 aromatic carbocycles. The Morgan fingerprint density at radius 2 is 2.17 bits per heavy atom. The Morgan fingerprint density at radius 3 is 3.06 bits per heavy atom. The number of rotatable bonds is 2. The fraction of sp³-hybridized carbons (Fsp3) is 0.231. The second kappa shape index (κ2) is 4.18. The van der Waals surface area contributed by atoms with Crippen molar-refractivity contribution in [2.75, 3.05) is 17.7 Å². The Kier molecular flexibility index (Phi) is 2.51. The molecule has 0 aliphatic carbocycles. The van der Waals surface area contributed by atoms with E-state index in [0.717, 1.165) is 22.7 Å². The molecule has 1 unspecified atom stereocenters. The van der Waals surface area contributed by atoms with Gasteiger partial charge < -0.3 is 15.8 Å². The molecule has 1 aliphatic rings. The molecule has 0 amide bonds. The number of nitrogens with zero attached hydrogens (tertiary/aromatic N) is 2. The van der Waals surface area contributed by atoms with Gasteiger partial charge >= 0.3 is 0 Å². The lowest BCUT2D eigenvalue weighted by Crippen LogP contribution is -2.14. The molecule has 5 nitrogen and oxygen atoms in total. The van der Waals surface area contributed by atoms with Crippen LogP contribution in [0.2, 0.25) is 0 Å². The summed E-state index contributed by atoms with van der Waals surface area (Å²) < 4.78 is 5.62. The highest BCUT2D eigenvalue weighted by Crippen LogP contribution is 2.34. The predicted octanol–water partition coefficient (Wildman–Crippen LogP) is 1.91. The minimum absolute atomic E-state index is 0.106. The van der Waals surface area contributed by atoms with Crippen LogP contribution in [0, 0.1) is 6.92 Å². The van der Waals surface area contributed by atoms with Crippen molar-refractivity contribution in [1.82, 2.24) is 9.97 Å². The van der Waals surface area contributed by atoms with Crippen molar-refractivity contribution in [2.45, 2.75) is 13.0 Å². The maximum absolute atomic E-state index is 5.77. The van der Waals surface area contributed by atoms with Crippen LogP contribution >= 0.6 is 0 Å². The third-order valence-electron chi connectivity index (χ3n) is 3.13. The van der Waals surface area contributed by atoms with Crippen molar-refractivity contribution in [1.29, 1.82) is 0 Å². The molecule has 1 atom stereocenters. The molecule has 2 aromatic rings. The highest BCUT2D eigenvalue weighted by molar-refractivity contribution is 5.56. The number of hydrogen-bond acceptors (Lipinski definition) is 5. The van der Waals surface area contributed by atoms with E-state index in [2.05, 4.69) is 21.4 Å². The van der Waals surface area contributed by atoms with Crippen molar-refractivity contribution >= 4 is 11.6 Å². The number of fused-ring (bicyclic) bond motifs is 1. The number of nitrogens with one attached hydrogen (secondary N) is 1. The first kappa shape index (κ1) is 10.8. The number of nitrogens with two attached hydrogens (primary N) is 1. The zero-order valence-electron chi connectivity index (χ0n) is 10.1. The molecule has 0 saturated heterocycles. The fourth-order valence-electron chi connectivity index (χ4n) is 2.06.